The lowest BCUT2D eigenvalue weighted by molar-refractivity contribution is -0.139. The van der Waals surface area contributed by atoms with E-state index in [0.717, 1.165) is 24.4 Å². The summed E-state index contributed by atoms with van der Waals surface area (Å²) in [6.45, 7) is 8.41. The standard InChI is InChI=1S/C13H22ClN3O2S/c1-5-8-10(14)9(17(6-2)16-8)7-20-13(3,4)11(15)12(18)19/h11H,5-7,15H2,1-4H3,(H,18,19)/t11-/m0/s1. The third-order valence-corrected chi connectivity index (χ3v) is 5.14. The number of carboxylic acid groups (broad SMARTS) is 1. The molecule has 0 spiro atoms. The number of aryl methyl sites for hydroxylation is 2. The van der Waals surface area contributed by atoms with E-state index < -0.39 is 16.8 Å². The van der Waals surface area contributed by atoms with Crippen molar-refractivity contribution in [3.63, 3.8) is 0 Å². The predicted molar refractivity (Wildman–Crippen MR) is 83.3 cm³/mol. The van der Waals surface area contributed by atoms with Crippen LogP contribution in [0.25, 0.3) is 0 Å². The Balaban J connectivity index is 2.89. The molecule has 1 aromatic rings. The predicted octanol–water partition coefficient (Wildman–Crippen LogP) is 2.54. The molecule has 0 aliphatic rings. The van der Waals surface area contributed by atoms with Crippen molar-refractivity contribution in [3.05, 3.63) is 16.4 Å². The van der Waals surface area contributed by atoms with Crippen LogP contribution in [0.2, 0.25) is 5.02 Å². The van der Waals surface area contributed by atoms with Gasteiger partial charge in [0.05, 0.1) is 16.4 Å². The molecule has 0 unspecified atom stereocenters. The number of hydrogen-bond acceptors (Lipinski definition) is 4. The minimum atomic E-state index is -0.994. The summed E-state index contributed by atoms with van der Waals surface area (Å²) in [6.07, 6.45) is 0.779. The van der Waals surface area contributed by atoms with Crippen LogP contribution >= 0.6 is 23.4 Å². The molecule has 7 heteroatoms. The van der Waals surface area contributed by atoms with Gasteiger partial charge >= 0.3 is 5.97 Å². The topological polar surface area (TPSA) is 81.1 Å². The van der Waals surface area contributed by atoms with Crippen LogP contribution < -0.4 is 5.73 Å². The first-order valence-electron chi connectivity index (χ1n) is 6.60. The zero-order valence-corrected chi connectivity index (χ0v) is 13.9. The van der Waals surface area contributed by atoms with Crippen molar-refractivity contribution in [1.82, 2.24) is 9.78 Å². The summed E-state index contributed by atoms with van der Waals surface area (Å²) in [6, 6.07) is -0.921. The lowest BCUT2D eigenvalue weighted by atomic mass is 10.1. The Morgan fingerprint density at radius 3 is 2.60 bits per heavy atom. The molecule has 0 saturated heterocycles. The van der Waals surface area contributed by atoms with E-state index in [1.807, 2.05) is 32.4 Å². The molecule has 1 aromatic heterocycles. The van der Waals surface area contributed by atoms with E-state index in [4.69, 9.17) is 22.4 Å². The Hall–Kier alpha value is -0.720. The highest BCUT2D eigenvalue weighted by atomic mass is 35.5. The van der Waals surface area contributed by atoms with Crippen LogP contribution in [0.1, 0.15) is 39.1 Å². The zero-order valence-electron chi connectivity index (χ0n) is 12.3. The molecule has 1 atom stereocenters. The summed E-state index contributed by atoms with van der Waals surface area (Å²) in [5.74, 6) is -0.403. The summed E-state index contributed by atoms with van der Waals surface area (Å²) in [5.41, 5.74) is 7.53. The molecule has 0 aliphatic heterocycles. The highest BCUT2D eigenvalue weighted by Crippen LogP contribution is 2.33. The first-order valence-corrected chi connectivity index (χ1v) is 7.97. The van der Waals surface area contributed by atoms with Crippen molar-refractivity contribution in [3.8, 4) is 0 Å². The molecule has 0 aromatic carbocycles. The van der Waals surface area contributed by atoms with Crippen molar-refractivity contribution in [2.24, 2.45) is 5.73 Å². The lowest BCUT2D eigenvalue weighted by Gasteiger charge is -2.28. The van der Waals surface area contributed by atoms with Gasteiger partial charge in [0, 0.05) is 17.0 Å². The van der Waals surface area contributed by atoms with E-state index in [1.54, 1.807) is 0 Å². The molecule has 5 nitrogen and oxygen atoms in total. The number of aromatic nitrogens is 2. The molecule has 0 fully saturated rings. The van der Waals surface area contributed by atoms with Gasteiger partial charge < -0.3 is 10.8 Å². The van der Waals surface area contributed by atoms with E-state index in [1.165, 1.54) is 11.8 Å². The summed E-state index contributed by atoms with van der Waals surface area (Å²) in [7, 11) is 0. The van der Waals surface area contributed by atoms with Gasteiger partial charge in [-0.1, -0.05) is 18.5 Å². The van der Waals surface area contributed by atoms with Gasteiger partial charge in [-0.15, -0.1) is 11.8 Å². The SMILES string of the molecule is CCc1nn(CC)c(CSC(C)(C)[C@@H](N)C(=O)O)c1Cl. The Kier molecular flexibility index (Phi) is 5.91. The second-order valence-corrected chi connectivity index (χ2v) is 7.09. The molecular weight excluding hydrogens is 298 g/mol. The maximum atomic E-state index is 11.0. The number of rotatable bonds is 7. The number of carbonyl (C=O) groups is 1. The molecular formula is C13H22ClN3O2S. The molecule has 20 heavy (non-hydrogen) atoms. The molecule has 1 rings (SSSR count). The minimum Gasteiger partial charge on any atom is -0.480 e. The van der Waals surface area contributed by atoms with Gasteiger partial charge in [-0.05, 0) is 27.2 Å². The van der Waals surface area contributed by atoms with Crippen LogP contribution in [0.5, 0.6) is 0 Å². The lowest BCUT2D eigenvalue weighted by Crippen LogP contribution is -2.46. The van der Waals surface area contributed by atoms with Crippen molar-refractivity contribution in [2.75, 3.05) is 0 Å². The van der Waals surface area contributed by atoms with Crippen LogP contribution in [0.4, 0.5) is 0 Å². The molecule has 0 bridgehead atoms. The number of halogens is 1. The summed E-state index contributed by atoms with van der Waals surface area (Å²) < 4.78 is 1.29. The first-order chi connectivity index (χ1) is 9.24. The van der Waals surface area contributed by atoms with Gasteiger partial charge in [-0.3, -0.25) is 9.48 Å². The number of hydrogen-bond donors (Lipinski definition) is 2. The number of nitrogens with zero attached hydrogens (tertiary/aromatic N) is 2. The second-order valence-electron chi connectivity index (χ2n) is 5.08. The monoisotopic (exact) mass is 319 g/mol. The first kappa shape index (κ1) is 17.3. The van der Waals surface area contributed by atoms with E-state index in [2.05, 4.69) is 5.10 Å². The van der Waals surface area contributed by atoms with Gasteiger partial charge in [-0.2, -0.15) is 5.10 Å². The van der Waals surface area contributed by atoms with E-state index >= 15 is 0 Å². The Morgan fingerprint density at radius 1 is 1.55 bits per heavy atom. The molecule has 1 heterocycles. The fourth-order valence-electron chi connectivity index (χ4n) is 1.80. The smallest absolute Gasteiger partial charge is 0.321 e. The molecule has 0 aliphatic carbocycles. The van der Waals surface area contributed by atoms with Crippen LogP contribution in [0.3, 0.4) is 0 Å². The molecule has 114 valence electrons. The van der Waals surface area contributed by atoms with Crippen LogP contribution in [0.15, 0.2) is 0 Å². The van der Waals surface area contributed by atoms with Crippen molar-refractivity contribution < 1.29 is 9.90 Å². The summed E-state index contributed by atoms with van der Waals surface area (Å²) in [4.78, 5) is 11.0. The summed E-state index contributed by atoms with van der Waals surface area (Å²) in [5, 5.41) is 14.2. The maximum Gasteiger partial charge on any atom is 0.321 e. The highest BCUT2D eigenvalue weighted by Gasteiger charge is 2.33. The third kappa shape index (κ3) is 3.68. The average molecular weight is 320 g/mol. The molecule has 0 saturated carbocycles. The van der Waals surface area contributed by atoms with Crippen molar-refractivity contribution in [1.29, 1.82) is 0 Å². The van der Waals surface area contributed by atoms with E-state index in [9.17, 15) is 4.79 Å². The van der Waals surface area contributed by atoms with E-state index in [-0.39, 0.29) is 0 Å². The van der Waals surface area contributed by atoms with Gasteiger partial charge in [-0.25, -0.2) is 0 Å². The Morgan fingerprint density at radius 2 is 2.15 bits per heavy atom. The van der Waals surface area contributed by atoms with Crippen LogP contribution in [-0.4, -0.2) is 31.6 Å². The number of nitrogens with two attached hydrogens (primary N) is 1. The van der Waals surface area contributed by atoms with Gasteiger partial charge in [0.15, 0.2) is 0 Å². The van der Waals surface area contributed by atoms with E-state index in [0.29, 0.717) is 10.8 Å². The van der Waals surface area contributed by atoms with Crippen molar-refractivity contribution >= 4 is 29.3 Å². The van der Waals surface area contributed by atoms with Gasteiger partial charge in [0.1, 0.15) is 6.04 Å². The summed E-state index contributed by atoms with van der Waals surface area (Å²) >= 11 is 7.82. The largest absolute Gasteiger partial charge is 0.480 e. The highest BCUT2D eigenvalue weighted by molar-refractivity contribution is 7.99. The van der Waals surface area contributed by atoms with Crippen LogP contribution in [0, 0.1) is 0 Å². The quantitative estimate of drug-likeness (QED) is 0.807. The average Bonchev–Trinajstić information content (AvgIpc) is 2.71. The normalized spacial score (nSPS) is 13.5. The minimum absolute atomic E-state index is 0.579. The maximum absolute atomic E-state index is 11.0. The van der Waals surface area contributed by atoms with Crippen LogP contribution in [-0.2, 0) is 23.5 Å². The second kappa shape index (κ2) is 6.83. The zero-order chi connectivity index (χ0) is 15.5. The molecule has 0 radical (unpaired) electrons. The fraction of sp³-hybridized carbons (Fsp3) is 0.692. The number of thioether (sulfide) groups is 1. The Labute approximate surface area is 128 Å². The van der Waals surface area contributed by atoms with Gasteiger partial charge in [0.2, 0.25) is 0 Å². The number of carboxylic acids is 1. The number of aliphatic carboxylic acids is 1. The molecule has 3 N–H and O–H groups in total. The third-order valence-electron chi connectivity index (χ3n) is 3.29. The molecule has 0 amide bonds. The van der Waals surface area contributed by atoms with Crippen molar-refractivity contribution in [2.45, 2.75) is 57.2 Å². The fourth-order valence-corrected chi connectivity index (χ4v) is 3.29. The van der Waals surface area contributed by atoms with Gasteiger partial charge in [0.25, 0.3) is 0 Å². The Bertz CT molecular complexity index is 488.